The Morgan fingerprint density at radius 1 is 1.25 bits per heavy atom. The van der Waals surface area contributed by atoms with Crippen molar-refractivity contribution in [2.45, 2.75) is 25.7 Å². The molecule has 0 aliphatic carbocycles. The second-order valence-electron chi connectivity index (χ2n) is 4.69. The first-order valence-corrected chi connectivity index (χ1v) is 8.16. The summed E-state index contributed by atoms with van der Waals surface area (Å²) in [6.07, 6.45) is 0. The predicted molar refractivity (Wildman–Crippen MR) is 89.8 cm³/mol. The number of alkyl halides is 1. The number of nitrogens with zero attached hydrogens (tertiary/aromatic N) is 2. The molecule has 1 aromatic carbocycles. The van der Waals surface area contributed by atoms with Gasteiger partial charge in [-0.3, -0.25) is 4.98 Å². The second kappa shape index (κ2) is 7.09. The lowest BCUT2D eigenvalue weighted by Crippen LogP contribution is -2.22. The van der Waals surface area contributed by atoms with Gasteiger partial charge in [0.15, 0.2) is 0 Å². The van der Waals surface area contributed by atoms with Crippen molar-refractivity contribution in [3.8, 4) is 0 Å². The molecule has 2 aromatic rings. The first-order chi connectivity index (χ1) is 9.63. The van der Waals surface area contributed by atoms with Gasteiger partial charge in [0.05, 0.1) is 12.2 Å². The van der Waals surface area contributed by atoms with Crippen molar-refractivity contribution >= 4 is 33.2 Å². The van der Waals surface area contributed by atoms with Gasteiger partial charge in [-0.15, -0.1) is 0 Å². The highest BCUT2D eigenvalue weighted by atomic mass is 79.9. The Balaban J connectivity index is 2.22. The van der Waals surface area contributed by atoms with Gasteiger partial charge < -0.3 is 4.90 Å². The average Bonchev–Trinajstić information content (AvgIpc) is 2.44. The largest absolute Gasteiger partial charge is 0.366 e. The summed E-state index contributed by atoms with van der Waals surface area (Å²) in [5.41, 5.74) is 4.37. The highest BCUT2D eigenvalue weighted by Crippen LogP contribution is 2.26. The molecule has 4 heteroatoms. The number of anilines is 1. The van der Waals surface area contributed by atoms with Gasteiger partial charge in [0, 0.05) is 28.3 Å². The van der Waals surface area contributed by atoms with Crippen molar-refractivity contribution in [1.29, 1.82) is 0 Å². The van der Waals surface area contributed by atoms with Crippen LogP contribution in [0.15, 0.2) is 36.4 Å². The van der Waals surface area contributed by atoms with Crippen molar-refractivity contribution < 1.29 is 0 Å². The van der Waals surface area contributed by atoms with Crippen LogP contribution in [-0.2, 0) is 11.9 Å². The van der Waals surface area contributed by atoms with E-state index in [1.165, 1.54) is 0 Å². The Kier molecular flexibility index (Phi) is 5.44. The second-order valence-corrected chi connectivity index (χ2v) is 5.66. The molecule has 106 valence electrons. The van der Waals surface area contributed by atoms with Crippen LogP contribution in [-0.4, -0.2) is 11.5 Å². The highest BCUT2D eigenvalue weighted by molar-refractivity contribution is 9.08. The van der Waals surface area contributed by atoms with E-state index in [0.717, 1.165) is 46.1 Å². The van der Waals surface area contributed by atoms with E-state index in [0.29, 0.717) is 0 Å². The Bertz CT molecular complexity index is 586. The summed E-state index contributed by atoms with van der Waals surface area (Å²) in [5.74, 6) is 0. The van der Waals surface area contributed by atoms with E-state index in [9.17, 15) is 0 Å². The molecule has 0 unspecified atom stereocenters. The molecule has 20 heavy (non-hydrogen) atoms. The molecular formula is C16H18BrClN2. The number of aryl methyl sites for hydroxylation is 1. The van der Waals surface area contributed by atoms with Gasteiger partial charge in [0.1, 0.15) is 0 Å². The van der Waals surface area contributed by atoms with E-state index >= 15 is 0 Å². The SMILES string of the molecule is CCN(Cc1cccc(C)n1)c1ccc(CBr)c(Cl)c1. The highest BCUT2D eigenvalue weighted by Gasteiger charge is 2.08. The van der Waals surface area contributed by atoms with Gasteiger partial charge in [-0.25, -0.2) is 0 Å². The van der Waals surface area contributed by atoms with Crippen LogP contribution in [0.2, 0.25) is 5.02 Å². The zero-order chi connectivity index (χ0) is 14.5. The molecule has 2 nitrogen and oxygen atoms in total. The van der Waals surface area contributed by atoms with Crippen molar-refractivity contribution in [2.75, 3.05) is 11.4 Å². The van der Waals surface area contributed by atoms with Crippen molar-refractivity contribution in [3.63, 3.8) is 0 Å². The average molecular weight is 354 g/mol. The molecule has 2 rings (SSSR count). The molecule has 0 N–H and O–H groups in total. The van der Waals surface area contributed by atoms with Crippen LogP contribution in [0, 0.1) is 6.92 Å². The number of aromatic nitrogens is 1. The topological polar surface area (TPSA) is 16.1 Å². The van der Waals surface area contributed by atoms with Crippen molar-refractivity contribution in [2.24, 2.45) is 0 Å². The number of rotatable bonds is 5. The maximum absolute atomic E-state index is 6.29. The van der Waals surface area contributed by atoms with E-state index in [1.54, 1.807) is 0 Å². The number of benzene rings is 1. The third-order valence-electron chi connectivity index (χ3n) is 3.23. The molecule has 0 saturated carbocycles. The quantitative estimate of drug-likeness (QED) is 0.706. The summed E-state index contributed by atoms with van der Waals surface area (Å²) >= 11 is 9.73. The molecule has 0 aliphatic heterocycles. The Morgan fingerprint density at radius 2 is 2.05 bits per heavy atom. The van der Waals surface area contributed by atoms with Crippen molar-refractivity contribution in [3.05, 3.63) is 58.4 Å². The van der Waals surface area contributed by atoms with Crippen molar-refractivity contribution in [1.82, 2.24) is 4.98 Å². The van der Waals surface area contributed by atoms with Crippen LogP contribution in [0.25, 0.3) is 0 Å². The molecule has 0 fully saturated rings. The molecular weight excluding hydrogens is 336 g/mol. The molecule has 0 radical (unpaired) electrons. The number of hydrogen-bond donors (Lipinski definition) is 0. The smallest absolute Gasteiger partial charge is 0.0602 e. The molecule has 0 bridgehead atoms. The standard InChI is InChI=1S/C16H18BrClN2/c1-3-20(11-14-6-4-5-12(2)19-14)15-8-7-13(10-17)16(18)9-15/h4-9H,3,10-11H2,1-2H3. The van der Waals surface area contributed by atoms with Crippen LogP contribution in [0.3, 0.4) is 0 Å². The van der Waals surface area contributed by atoms with E-state index in [2.05, 4.69) is 50.9 Å². The van der Waals surface area contributed by atoms with Gasteiger partial charge >= 0.3 is 0 Å². The van der Waals surface area contributed by atoms with Gasteiger partial charge in [0.2, 0.25) is 0 Å². The summed E-state index contributed by atoms with van der Waals surface area (Å²) < 4.78 is 0. The van der Waals surface area contributed by atoms with Gasteiger partial charge in [-0.2, -0.15) is 0 Å². The Morgan fingerprint density at radius 3 is 2.65 bits per heavy atom. The molecule has 0 saturated heterocycles. The first kappa shape index (κ1) is 15.3. The van der Waals surface area contributed by atoms with E-state index in [1.807, 2.05) is 25.1 Å². The maximum Gasteiger partial charge on any atom is 0.0602 e. The zero-order valence-electron chi connectivity index (χ0n) is 11.7. The summed E-state index contributed by atoms with van der Waals surface area (Å²) in [6.45, 7) is 5.87. The minimum Gasteiger partial charge on any atom is -0.366 e. The van der Waals surface area contributed by atoms with Gasteiger partial charge in [-0.1, -0.05) is 39.7 Å². The molecule has 0 atom stereocenters. The van der Waals surface area contributed by atoms with E-state index in [4.69, 9.17) is 11.6 Å². The van der Waals surface area contributed by atoms with Crippen LogP contribution >= 0.6 is 27.5 Å². The summed E-state index contributed by atoms with van der Waals surface area (Å²) in [4.78, 5) is 6.83. The Hall–Kier alpha value is -1.06. The lowest BCUT2D eigenvalue weighted by Gasteiger charge is -2.23. The minimum atomic E-state index is 0.775. The van der Waals surface area contributed by atoms with E-state index < -0.39 is 0 Å². The molecule has 0 spiro atoms. The van der Waals surface area contributed by atoms with Gasteiger partial charge in [-0.05, 0) is 43.7 Å². The van der Waals surface area contributed by atoms with Crippen LogP contribution < -0.4 is 4.90 Å². The van der Waals surface area contributed by atoms with Crippen LogP contribution in [0.1, 0.15) is 23.9 Å². The monoisotopic (exact) mass is 352 g/mol. The first-order valence-electron chi connectivity index (χ1n) is 6.66. The summed E-state index contributed by atoms with van der Waals surface area (Å²) in [6, 6.07) is 12.3. The third kappa shape index (κ3) is 3.74. The molecule has 0 amide bonds. The van der Waals surface area contributed by atoms with Crippen LogP contribution in [0.5, 0.6) is 0 Å². The number of hydrogen-bond acceptors (Lipinski definition) is 2. The zero-order valence-corrected chi connectivity index (χ0v) is 14.1. The molecule has 1 aromatic heterocycles. The third-order valence-corrected chi connectivity index (χ3v) is 4.18. The molecule has 0 aliphatic rings. The number of pyridine rings is 1. The summed E-state index contributed by atoms with van der Waals surface area (Å²) in [7, 11) is 0. The minimum absolute atomic E-state index is 0.775. The summed E-state index contributed by atoms with van der Waals surface area (Å²) in [5, 5.41) is 1.58. The number of halogens is 2. The van der Waals surface area contributed by atoms with Gasteiger partial charge in [0.25, 0.3) is 0 Å². The fourth-order valence-electron chi connectivity index (χ4n) is 2.11. The fraction of sp³-hybridized carbons (Fsp3) is 0.312. The van der Waals surface area contributed by atoms with Crippen LogP contribution in [0.4, 0.5) is 5.69 Å². The Labute approximate surface area is 133 Å². The lowest BCUT2D eigenvalue weighted by atomic mass is 10.2. The predicted octanol–water partition coefficient (Wildman–Crippen LogP) is 4.96. The normalized spacial score (nSPS) is 10.6. The fourth-order valence-corrected chi connectivity index (χ4v) is 3.00. The maximum atomic E-state index is 6.29. The molecule has 1 heterocycles. The van der Waals surface area contributed by atoms with E-state index in [-0.39, 0.29) is 0 Å². The lowest BCUT2D eigenvalue weighted by molar-refractivity contribution is 0.805.